The minimum atomic E-state index is -0.478. The van der Waals surface area contributed by atoms with Crippen LogP contribution in [0.1, 0.15) is 56.0 Å². The topological polar surface area (TPSA) is 79.3 Å². The van der Waals surface area contributed by atoms with Crippen molar-refractivity contribution in [1.29, 1.82) is 0 Å². The van der Waals surface area contributed by atoms with Gasteiger partial charge in [-0.2, -0.15) is 0 Å². The van der Waals surface area contributed by atoms with Crippen LogP contribution in [0.3, 0.4) is 0 Å². The second-order valence-electron chi connectivity index (χ2n) is 8.32. The molecule has 0 atom stereocenters. The molecule has 0 aliphatic carbocycles. The maximum absolute atomic E-state index is 12.5. The zero-order valence-corrected chi connectivity index (χ0v) is 16.2. The van der Waals surface area contributed by atoms with Gasteiger partial charge in [0, 0.05) is 37.3 Å². The molecule has 2 amide bonds. The highest BCUT2D eigenvalue weighted by molar-refractivity contribution is 5.99. The summed E-state index contributed by atoms with van der Waals surface area (Å²) in [5.41, 5.74) is 1.20. The van der Waals surface area contributed by atoms with Crippen molar-refractivity contribution in [1.82, 2.24) is 9.80 Å². The van der Waals surface area contributed by atoms with Crippen molar-refractivity contribution in [2.24, 2.45) is 11.1 Å². The number of amides is 2. The molecule has 0 saturated carbocycles. The Labute approximate surface area is 159 Å². The highest BCUT2D eigenvalue weighted by Crippen LogP contribution is 2.32. The molecular weight excluding hydrogens is 346 g/mol. The highest BCUT2D eigenvalue weighted by atomic mass is 16.6. The minimum Gasteiger partial charge on any atom is -0.444 e. The fraction of sp³-hybridized carbons (Fsp3) is 0.600. The summed E-state index contributed by atoms with van der Waals surface area (Å²) in [7, 11) is 0. The Bertz CT molecular complexity index is 733. The Morgan fingerprint density at radius 2 is 1.96 bits per heavy atom. The van der Waals surface area contributed by atoms with Gasteiger partial charge in [-0.3, -0.25) is 4.79 Å². The van der Waals surface area contributed by atoms with E-state index in [1.807, 2.05) is 20.8 Å². The third kappa shape index (κ3) is 4.46. The molecule has 27 heavy (non-hydrogen) atoms. The lowest BCUT2D eigenvalue weighted by molar-refractivity contribution is 0.0178. The first kappa shape index (κ1) is 19.3. The molecule has 2 aliphatic rings. The number of piperidine rings is 1. The SMILES string of the molecule is CC(C)(C)OC(=O)N1CCC(CCN2Cc3c(N=O)cccc3C2=O)CC1. The van der Waals surface area contributed by atoms with Gasteiger partial charge in [-0.25, -0.2) is 4.79 Å². The van der Waals surface area contributed by atoms with E-state index < -0.39 is 5.60 Å². The van der Waals surface area contributed by atoms with Crippen LogP contribution in [0.15, 0.2) is 23.4 Å². The molecule has 1 saturated heterocycles. The van der Waals surface area contributed by atoms with E-state index in [0.717, 1.165) is 24.8 Å². The molecule has 2 aliphatic heterocycles. The molecule has 7 heteroatoms. The van der Waals surface area contributed by atoms with Gasteiger partial charge in [-0.15, -0.1) is 4.91 Å². The zero-order valence-electron chi connectivity index (χ0n) is 16.2. The van der Waals surface area contributed by atoms with Crippen molar-refractivity contribution in [2.45, 2.75) is 52.2 Å². The lowest BCUT2D eigenvalue weighted by Gasteiger charge is -2.34. The lowest BCUT2D eigenvalue weighted by Crippen LogP contribution is -2.42. The molecule has 2 heterocycles. The summed E-state index contributed by atoms with van der Waals surface area (Å²) < 4.78 is 5.43. The Balaban J connectivity index is 1.48. The second-order valence-corrected chi connectivity index (χ2v) is 8.32. The molecule has 7 nitrogen and oxygen atoms in total. The summed E-state index contributed by atoms with van der Waals surface area (Å²) in [6.07, 6.45) is 2.47. The highest BCUT2D eigenvalue weighted by Gasteiger charge is 2.31. The van der Waals surface area contributed by atoms with Crippen LogP contribution < -0.4 is 0 Å². The van der Waals surface area contributed by atoms with Crippen molar-refractivity contribution >= 4 is 17.7 Å². The number of fused-ring (bicyclic) bond motifs is 1. The number of benzene rings is 1. The van der Waals surface area contributed by atoms with Crippen molar-refractivity contribution in [3.63, 3.8) is 0 Å². The monoisotopic (exact) mass is 373 g/mol. The standard InChI is InChI=1S/C20H27N3O4/c1-20(2,3)27-19(25)22-10-7-14(8-11-22)9-12-23-13-16-15(18(23)24)5-4-6-17(16)21-26/h4-6,14H,7-13H2,1-3H3. The largest absolute Gasteiger partial charge is 0.444 e. The fourth-order valence-corrected chi connectivity index (χ4v) is 3.71. The molecule has 0 unspecified atom stereocenters. The van der Waals surface area contributed by atoms with Crippen LogP contribution in [0.2, 0.25) is 0 Å². The smallest absolute Gasteiger partial charge is 0.410 e. The molecule has 0 radical (unpaired) electrons. The molecule has 0 spiro atoms. The van der Waals surface area contributed by atoms with Crippen molar-refractivity contribution in [2.75, 3.05) is 19.6 Å². The van der Waals surface area contributed by atoms with E-state index in [1.54, 1.807) is 28.0 Å². The quantitative estimate of drug-likeness (QED) is 0.745. The van der Waals surface area contributed by atoms with E-state index in [-0.39, 0.29) is 12.0 Å². The van der Waals surface area contributed by atoms with Crippen LogP contribution in [-0.2, 0) is 11.3 Å². The van der Waals surface area contributed by atoms with Crippen LogP contribution in [0.4, 0.5) is 10.5 Å². The van der Waals surface area contributed by atoms with Gasteiger partial charge in [0.05, 0.1) is 0 Å². The van der Waals surface area contributed by atoms with Gasteiger partial charge in [0.15, 0.2) is 0 Å². The predicted octanol–water partition coefficient (Wildman–Crippen LogP) is 4.08. The minimum absolute atomic E-state index is 0.0262. The average Bonchev–Trinajstić information content (AvgIpc) is 2.95. The maximum Gasteiger partial charge on any atom is 0.410 e. The molecule has 0 bridgehead atoms. The number of ether oxygens (including phenoxy) is 1. The Morgan fingerprint density at radius 1 is 1.26 bits per heavy atom. The number of carbonyl (C=O) groups excluding carboxylic acids is 2. The summed E-state index contributed by atoms with van der Waals surface area (Å²) in [4.78, 5) is 39.1. The normalized spacial score (nSPS) is 17.8. The van der Waals surface area contributed by atoms with Gasteiger partial charge >= 0.3 is 6.09 Å². The first-order valence-electron chi connectivity index (χ1n) is 9.51. The van der Waals surface area contributed by atoms with E-state index in [4.69, 9.17) is 4.74 Å². The number of nitrogens with zero attached hydrogens (tertiary/aromatic N) is 3. The van der Waals surface area contributed by atoms with E-state index in [0.29, 0.717) is 43.3 Å². The molecular formula is C20H27N3O4. The number of carbonyl (C=O) groups is 2. The summed E-state index contributed by atoms with van der Waals surface area (Å²) in [6, 6.07) is 5.10. The maximum atomic E-state index is 12.5. The van der Waals surface area contributed by atoms with Gasteiger partial charge in [-0.1, -0.05) is 6.07 Å². The number of hydrogen-bond donors (Lipinski definition) is 0. The Kier molecular flexibility index (Phi) is 5.48. The predicted molar refractivity (Wildman–Crippen MR) is 102 cm³/mol. The van der Waals surface area contributed by atoms with Crippen molar-refractivity contribution in [3.05, 3.63) is 34.2 Å². The molecule has 0 N–H and O–H groups in total. The summed E-state index contributed by atoms with van der Waals surface area (Å²) >= 11 is 0. The van der Waals surface area contributed by atoms with Gasteiger partial charge in [0.2, 0.25) is 0 Å². The van der Waals surface area contributed by atoms with E-state index in [1.165, 1.54) is 0 Å². The molecule has 1 aromatic rings. The van der Waals surface area contributed by atoms with Crippen molar-refractivity contribution < 1.29 is 14.3 Å². The third-order valence-electron chi connectivity index (χ3n) is 5.19. The summed E-state index contributed by atoms with van der Waals surface area (Å²) in [5.74, 6) is 0.450. The first-order valence-corrected chi connectivity index (χ1v) is 9.51. The van der Waals surface area contributed by atoms with Gasteiger partial charge in [0.1, 0.15) is 11.3 Å². The molecule has 146 valence electrons. The Hall–Kier alpha value is -2.44. The van der Waals surface area contributed by atoms with Crippen molar-refractivity contribution in [3.8, 4) is 0 Å². The number of likely N-dealkylation sites (tertiary alicyclic amines) is 1. The van der Waals surface area contributed by atoms with Crippen LogP contribution in [0.25, 0.3) is 0 Å². The number of nitroso groups, excluding NO2 is 1. The van der Waals surface area contributed by atoms with Crippen LogP contribution >= 0.6 is 0 Å². The zero-order chi connectivity index (χ0) is 19.6. The van der Waals surface area contributed by atoms with Crippen LogP contribution in [-0.4, -0.2) is 47.0 Å². The lowest BCUT2D eigenvalue weighted by atomic mass is 9.93. The van der Waals surface area contributed by atoms with E-state index in [2.05, 4.69) is 5.18 Å². The van der Waals surface area contributed by atoms with Crippen LogP contribution in [0, 0.1) is 10.8 Å². The first-order chi connectivity index (χ1) is 12.8. The number of hydrogen-bond acceptors (Lipinski definition) is 5. The van der Waals surface area contributed by atoms with Gasteiger partial charge in [-0.05, 0) is 63.3 Å². The van der Waals surface area contributed by atoms with Gasteiger partial charge in [0.25, 0.3) is 5.91 Å². The van der Waals surface area contributed by atoms with E-state index in [9.17, 15) is 14.5 Å². The molecule has 3 rings (SSSR count). The number of rotatable bonds is 4. The average molecular weight is 373 g/mol. The van der Waals surface area contributed by atoms with E-state index >= 15 is 0 Å². The van der Waals surface area contributed by atoms with Gasteiger partial charge < -0.3 is 14.5 Å². The fourth-order valence-electron chi connectivity index (χ4n) is 3.71. The second kappa shape index (κ2) is 7.66. The summed E-state index contributed by atoms with van der Waals surface area (Å²) in [5, 5.41) is 3.03. The summed E-state index contributed by atoms with van der Waals surface area (Å²) in [6.45, 7) is 8.09. The third-order valence-corrected chi connectivity index (χ3v) is 5.19. The molecule has 1 fully saturated rings. The molecule has 0 aromatic heterocycles. The molecule has 1 aromatic carbocycles. The Morgan fingerprint density at radius 3 is 2.59 bits per heavy atom. The van der Waals surface area contributed by atoms with Crippen LogP contribution in [0.5, 0.6) is 0 Å².